The topological polar surface area (TPSA) is 6.48 Å². The zero-order valence-electron chi connectivity index (χ0n) is 29.9. The van der Waals surface area contributed by atoms with Crippen LogP contribution in [0.1, 0.15) is 88.3 Å². The molecule has 0 aromatic heterocycles. The van der Waals surface area contributed by atoms with Crippen LogP contribution >= 0.6 is 23.5 Å². The molecule has 0 radical (unpaired) electrons. The van der Waals surface area contributed by atoms with Crippen LogP contribution < -0.4 is 4.90 Å². The van der Waals surface area contributed by atoms with E-state index in [4.69, 9.17) is 11.6 Å². The highest BCUT2D eigenvalue weighted by molar-refractivity contribution is 8.01. The monoisotopic (exact) mass is 694 g/mol. The largest absolute Gasteiger partial charge is 0.340 e. The van der Waals surface area contributed by atoms with Crippen LogP contribution in [0.25, 0.3) is 0 Å². The molecule has 0 fully saturated rings. The molecule has 0 bridgehead atoms. The van der Waals surface area contributed by atoms with E-state index in [1.807, 2.05) is 16.4 Å². The van der Waals surface area contributed by atoms with Crippen molar-refractivity contribution in [3.8, 4) is 0 Å². The molecule has 0 saturated carbocycles. The van der Waals surface area contributed by atoms with Crippen LogP contribution in [0.5, 0.6) is 0 Å². The molecule has 48 heavy (non-hydrogen) atoms. The van der Waals surface area contributed by atoms with E-state index in [-0.39, 0.29) is 17.5 Å². The van der Waals surface area contributed by atoms with Gasteiger partial charge < -0.3 is 4.90 Å². The average Bonchev–Trinajstić information content (AvgIpc) is 3.02. The van der Waals surface area contributed by atoms with Gasteiger partial charge in [0, 0.05) is 36.0 Å². The van der Waals surface area contributed by atoms with E-state index >= 15 is 8.78 Å². The first-order chi connectivity index (χ1) is 22.5. The van der Waals surface area contributed by atoms with Crippen molar-refractivity contribution >= 4 is 29.2 Å². The van der Waals surface area contributed by atoms with Gasteiger partial charge in [0.2, 0.25) is 0 Å². The standard InChI is InChI=1S/C41H50ClF3N2S/c1-11-13-32-21-33(23-34(22-32)41(8,9)10)26-47(37-19-14-28(5)20-29(37)6)30(7)24-46(25-31-15-17-35(42)18-16-31)48-40(38(44)27(3)4)39(45)36(43)12-2/h12,14-23H,7,11,13,24-26H2,1-6,8-10H3/b36-12-,40-39-. The van der Waals surface area contributed by atoms with Crippen LogP contribution in [0.15, 0.2) is 107 Å². The molecule has 2 nitrogen and oxygen atoms in total. The zero-order chi connectivity index (χ0) is 35.8. The number of hydrogen-bond donors (Lipinski definition) is 0. The van der Waals surface area contributed by atoms with Gasteiger partial charge in [0.25, 0.3) is 0 Å². The third kappa shape index (κ3) is 10.9. The van der Waals surface area contributed by atoms with Crippen LogP contribution in [0, 0.1) is 13.8 Å². The summed E-state index contributed by atoms with van der Waals surface area (Å²) in [6.45, 7) is 23.1. The minimum Gasteiger partial charge on any atom is -0.340 e. The first-order valence-electron chi connectivity index (χ1n) is 16.4. The number of rotatable bonds is 14. The Bertz CT molecular complexity index is 1680. The summed E-state index contributed by atoms with van der Waals surface area (Å²) in [5.41, 5.74) is 8.77. The molecule has 3 rings (SSSR count). The van der Waals surface area contributed by atoms with Crippen molar-refractivity contribution in [3.05, 3.63) is 145 Å². The minimum atomic E-state index is -1.23. The van der Waals surface area contributed by atoms with E-state index in [0.29, 0.717) is 18.1 Å². The predicted molar refractivity (Wildman–Crippen MR) is 202 cm³/mol. The summed E-state index contributed by atoms with van der Waals surface area (Å²) < 4.78 is 47.5. The van der Waals surface area contributed by atoms with E-state index in [1.165, 1.54) is 18.1 Å². The molecule has 3 aromatic carbocycles. The molecule has 0 spiro atoms. The summed E-state index contributed by atoms with van der Waals surface area (Å²) in [7, 11) is 0. The van der Waals surface area contributed by atoms with E-state index in [1.54, 1.807) is 26.0 Å². The van der Waals surface area contributed by atoms with E-state index in [0.717, 1.165) is 64.5 Å². The molecule has 0 N–H and O–H groups in total. The van der Waals surface area contributed by atoms with Crippen LogP contribution in [0.3, 0.4) is 0 Å². The Morgan fingerprint density at radius 2 is 1.52 bits per heavy atom. The van der Waals surface area contributed by atoms with Crippen molar-refractivity contribution < 1.29 is 13.2 Å². The second-order valence-electron chi connectivity index (χ2n) is 13.6. The lowest BCUT2D eigenvalue weighted by atomic mass is 9.84. The highest BCUT2D eigenvalue weighted by Gasteiger charge is 2.25. The molecule has 0 amide bonds. The Morgan fingerprint density at radius 3 is 2.08 bits per heavy atom. The maximum atomic E-state index is 15.6. The first kappa shape index (κ1) is 39.3. The molecular formula is C41H50ClF3N2S. The summed E-state index contributed by atoms with van der Waals surface area (Å²) in [6, 6.07) is 20.5. The summed E-state index contributed by atoms with van der Waals surface area (Å²) >= 11 is 7.02. The van der Waals surface area contributed by atoms with Crippen LogP contribution in [-0.2, 0) is 24.9 Å². The van der Waals surface area contributed by atoms with E-state index in [2.05, 4.69) is 89.4 Å². The smallest absolute Gasteiger partial charge is 0.176 e. The number of aryl methyl sites for hydroxylation is 3. The summed E-state index contributed by atoms with van der Waals surface area (Å²) in [5.74, 6) is -3.14. The lowest BCUT2D eigenvalue weighted by molar-refractivity contribution is 0.494. The Hall–Kier alpha value is -3.19. The fourth-order valence-corrected chi connectivity index (χ4v) is 6.62. The normalized spacial score (nSPS) is 12.7. The first-order valence-corrected chi connectivity index (χ1v) is 17.6. The molecule has 0 aliphatic carbocycles. The Morgan fingerprint density at radius 1 is 0.875 bits per heavy atom. The lowest BCUT2D eigenvalue weighted by Crippen LogP contribution is -2.30. The third-order valence-electron chi connectivity index (χ3n) is 7.98. The van der Waals surface area contributed by atoms with Gasteiger partial charge in [-0.1, -0.05) is 100 Å². The maximum Gasteiger partial charge on any atom is 0.176 e. The van der Waals surface area contributed by atoms with Crippen LogP contribution in [-0.4, -0.2) is 10.8 Å². The summed E-state index contributed by atoms with van der Waals surface area (Å²) in [5, 5.41) is 0.584. The Kier molecular flexibility index (Phi) is 14.3. The molecular weight excluding hydrogens is 645 g/mol. The highest BCUT2D eigenvalue weighted by Crippen LogP contribution is 2.39. The molecule has 258 valence electrons. The molecule has 0 unspecified atom stereocenters. The number of benzene rings is 3. The van der Waals surface area contributed by atoms with Gasteiger partial charge in [0.1, 0.15) is 5.83 Å². The molecule has 0 saturated heterocycles. The van der Waals surface area contributed by atoms with Crippen molar-refractivity contribution in [2.75, 3.05) is 11.4 Å². The molecule has 3 aromatic rings. The molecule has 0 aliphatic rings. The van der Waals surface area contributed by atoms with Gasteiger partial charge in [0.15, 0.2) is 11.7 Å². The van der Waals surface area contributed by atoms with Crippen LogP contribution in [0.4, 0.5) is 18.9 Å². The number of hydrogen-bond acceptors (Lipinski definition) is 3. The zero-order valence-corrected chi connectivity index (χ0v) is 31.5. The SMILES string of the molecule is C=C(CN(Cc1ccc(Cl)cc1)S/C(C(F)=C(C)C)=C(F)/C(F)=C/C)N(Cc1cc(CCC)cc(C(C)(C)C)c1)c1ccc(C)cc1C. The van der Waals surface area contributed by atoms with Gasteiger partial charge in [0.05, 0.1) is 4.91 Å². The molecule has 7 heteroatoms. The van der Waals surface area contributed by atoms with Gasteiger partial charge in [-0.2, -0.15) is 0 Å². The molecule has 0 aliphatic heterocycles. The number of nitrogens with zero attached hydrogens (tertiary/aromatic N) is 2. The Balaban J connectivity index is 2.15. The van der Waals surface area contributed by atoms with Crippen molar-refractivity contribution in [2.24, 2.45) is 0 Å². The van der Waals surface area contributed by atoms with Crippen molar-refractivity contribution in [1.29, 1.82) is 0 Å². The average molecular weight is 695 g/mol. The fraction of sp³-hybridized carbons (Fsp3) is 0.366. The second kappa shape index (κ2) is 17.5. The van der Waals surface area contributed by atoms with E-state index < -0.39 is 22.4 Å². The third-order valence-corrected chi connectivity index (χ3v) is 9.28. The van der Waals surface area contributed by atoms with Gasteiger partial charge >= 0.3 is 0 Å². The van der Waals surface area contributed by atoms with Gasteiger partial charge in [-0.05, 0) is 116 Å². The van der Waals surface area contributed by atoms with E-state index in [9.17, 15) is 4.39 Å². The number of allylic oxidation sites excluding steroid dienone is 5. The molecule has 0 heterocycles. The highest BCUT2D eigenvalue weighted by atomic mass is 35.5. The quantitative estimate of drug-likeness (QED) is 0.122. The van der Waals surface area contributed by atoms with Crippen molar-refractivity contribution in [3.63, 3.8) is 0 Å². The predicted octanol–water partition coefficient (Wildman–Crippen LogP) is 13.2. The fourth-order valence-electron chi connectivity index (χ4n) is 5.35. The van der Waals surface area contributed by atoms with Crippen LogP contribution in [0.2, 0.25) is 5.02 Å². The van der Waals surface area contributed by atoms with Gasteiger partial charge in [-0.25, -0.2) is 17.5 Å². The van der Waals surface area contributed by atoms with Crippen molar-refractivity contribution in [2.45, 2.75) is 93.7 Å². The number of halogens is 4. The molecule has 0 atom stereocenters. The van der Waals surface area contributed by atoms with Gasteiger partial charge in [-0.15, -0.1) is 0 Å². The maximum absolute atomic E-state index is 15.6. The summed E-state index contributed by atoms with van der Waals surface area (Å²) in [4.78, 5) is 1.78. The Labute approximate surface area is 296 Å². The van der Waals surface area contributed by atoms with Crippen molar-refractivity contribution in [1.82, 2.24) is 4.31 Å². The lowest BCUT2D eigenvalue weighted by Gasteiger charge is -2.33. The summed E-state index contributed by atoms with van der Waals surface area (Å²) in [6.07, 6.45) is 3.02. The second-order valence-corrected chi connectivity index (χ2v) is 15.1. The minimum absolute atomic E-state index is 0.0316. The van der Waals surface area contributed by atoms with Gasteiger partial charge in [-0.3, -0.25) is 0 Å². The number of anilines is 1.